The van der Waals surface area contributed by atoms with Gasteiger partial charge in [0.05, 0.1) is 19.3 Å². The Morgan fingerprint density at radius 3 is 2.60 bits per heavy atom. The number of rotatable bonds is 4. The third-order valence-electron chi connectivity index (χ3n) is 5.59. The lowest BCUT2D eigenvalue weighted by molar-refractivity contribution is -0.0610. The third kappa shape index (κ3) is 1.96. The number of hydrogen-bond donors (Lipinski definition) is 0. The van der Waals surface area contributed by atoms with Gasteiger partial charge in [0.1, 0.15) is 9.53 Å². The summed E-state index contributed by atoms with van der Waals surface area (Å²) in [6.07, 6.45) is 5.10. The number of imidazole rings is 1. The van der Waals surface area contributed by atoms with Crippen LogP contribution in [-0.2, 0) is 11.3 Å². The van der Waals surface area contributed by atoms with Gasteiger partial charge in [0.25, 0.3) is 0 Å². The fourth-order valence-corrected chi connectivity index (χ4v) is 4.65. The minimum Gasteiger partial charge on any atom is -0.378 e. The first-order valence-corrected chi connectivity index (χ1v) is 8.92. The SMILES string of the molecule is Ic1cn(CC2CC2)c([C@H]2[C@@H]3CN(C4COC4)C[C@@H]32)n1. The molecule has 0 N–H and O–H groups in total. The molecule has 5 rings (SSSR count). The fourth-order valence-electron chi connectivity index (χ4n) is 4.06. The second kappa shape index (κ2) is 4.43. The summed E-state index contributed by atoms with van der Waals surface area (Å²) in [5.41, 5.74) is 0. The highest BCUT2D eigenvalue weighted by Crippen LogP contribution is 2.58. The quantitative estimate of drug-likeness (QED) is 0.743. The number of hydrogen-bond acceptors (Lipinski definition) is 3. The topological polar surface area (TPSA) is 30.3 Å². The summed E-state index contributed by atoms with van der Waals surface area (Å²) in [4.78, 5) is 7.49. The Kier molecular flexibility index (Phi) is 2.75. The van der Waals surface area contributed by atoms with Crippen molar-refractivity contribution in [2.75, 3.05) is 26.3 Å². The van der Waals surface area contributed by atoms with Crippen LogP contribution in [0.3, 0.4) is 0 Å². The predicted octanol–water partition coefficient (Wildman–Crippen LogP) is 1.94. The molecule has 4 nitrogen and oxygen atoms in total. The van der Waals surface area contributed by atoms with E-state index in [0.717, 1.165) is 42.9 Å². The molecule has 20 heavy (non-hydrogen) atoms. The van der Waals surface area contributed by atoms with Crippen LogP contribution < -0.4 is 0 Å². The van der Waals surface area contributed by atoms with Crippen LogP contribution in [0.15, 0.2) is 6.20 Å². The normalized spacial score (nSPS) is 37.0. The summed E-state index contributed by atoms with van der Waals surface area (Å²) in [5, 5.41) is 0. The van der Waals surface area contributed by atoms with Gasteiger partial charge in [-0.15, -0.1) is 0 Å². The maximum atomic E-state index is 5.32. The number of nitrogens with zero attached hydrogens (tertiary/aromatic N) is 3. The van der Waals surface area contributed by atoms with Gasteiger partial charge in [0.2, 0.25) is 0 Å². The molecule has 1 aromatic heterocycles. The number of ether oxygens (including phenoxy) is 1. The number of halogens is 1. The molecule has 0 spiro atoms. The fraction of sp³-hybridized carbons (Fsp3) is 0.800. The average molecular weight is 385 g/mol. The third-order valence-corrected chi connectivity index (χ3v) is 6.11. The van der Waals surface area contributed by atoms with Crippen LogP contribution in [0.25, 0.3) is 0 Å². The van der Waals surface area contributed by atoms with Crippen LogP contribution >= 0.6 is 22.6 Å². The highest BCUT2D eigenvalue weighted by molar-refractivity contribution is 14.1. The van der Waals surface area contributed by atoms with Gasteiger partial charge in [-0.2, -0.15) is 0 Å². The van der Waals surface area contributed by atoms with Gasteiger partial charge in [-0.1, -0.05) is 0 Å². The highest BCUT2D eigenvalue weighted by atomic mass is 127. The van der Waals surface area contributed by atoms with Crippen LogP contribution in [0, 0.1) is 21.5 Å². The van der Waals surface area contributed by atoms with E-state index in [-0.39, 0.29) is 0 Å². The van der Waals surface area contributed by atoms with Crippen LogP contribution in [0.1, 0.15) is 24.6 Å². The molecule has 2 aliphatic heterocycles. The predicted molar refractivity (Wildman–Crippen MR) is 83.6 cm³/mol. The zero-order chi connectivity index (χ0) is 13.3. The van der Waals surface area contributed by atoms with Crippen molar-refractivity contribution in [3.05, 3.63) is 15.7 Å². The molecule has 3 heterocycles. The van der Waals surface area contributed by atoms with E-state index in [9.17, 15) is 0 Å². The number of likely N-dealkylation sites (tertiary alicyclic amines) is 1. The molecule has 0 amide bonds. The zero-order valence-corrected chi connectivity index (χ0v) is 13.7. The molecule has 3 atom stereocenters. The van der Waals surface area contributed by atoms with Crippen LogP contribution in [0.4, 0.5) is 0 Å². The summed E-state index contributed by atoms with van der Waals surface area (Å²) in [6, 6.07) is 0.717. The Labute approximate surface area is 133 Å². The van der Waals surface area contributed by atoms with E-state index < -0.39 is 0 Å². The first-order valence-electron chi connectivity index (χ1n) is 7.84. The van der Waals surface area contributed by atoms with Gasteiger partial charge in [-0.05, 0) is 53.2 Å². The van der Waals surface area contributed by atoms with Crippen molar-refractivity contribution in [2.24, 2.45) is 17.8 Å². The number of fused-ring (bicyclic) bond motifs is 1. The summed E-state index contributed by atoms with van der Waals surface area (Å²) >= 11 is 2.37. The smallest absolute Gasteiger partial charge is 0.119 e. The molecule has 5 heteroatoms. The van der Waals surface area contributed by atoms with E-state index in [4.69, 9.17) is 9.72 Å². The van der Waals surface area contributed by atoms with Gasteiger partial charge in [0.15, 0.2) is 0 Å². The van der Waals surface area contributed by atoms with Crippen molar-refractivity contribution in [3.8, 4) is 0 Å². The minimum absolute atomic E-state index is 0.717. The first-order chi connectivity index (χ1) is 9.79. The molecule has 2 aliphatic carbocycles. The van der Waals surface area contributed by atoms with Crippen LogP contribution in [-0.4, -0.2) is 46.8 Å². The molecular weight excluding hydrogens is 365 g/mol. The molecule has 1 aromatic rings. The molecule has 0 bridgehead atoms. The molecule has 4 fully saturated rings. The van der Waals surface area contributed by atoms with Crippen molar-refractivity contribution < 1.29 is 4.74 Å². The van der Waals surface area contributed by atoms with Crippen molar-refractivity contribution >= 4 is 22.6 Å². The van der Waals surface area contributed by atoms with Gasteiger partial charge < -0.3 is 9.30 Å². The Hall–Kier alpha value is -0.140. The highest BCUT2D eigenvalue weighted by Gasteiger charge is 2.59. The average Bonchev–Trinajstić information content (AvgIpc) is 3.20. The van der Waals surface area contributed by atoms with Gasteiger partial charge in [-0.25, -0.2) is 4.98 Å². The van der Waals surface area contributed by atoms with E-state index in [0.29, 0.717) is 0 Å². The molecule has 2 saturated heterocycles. The van der Waals surface area contributed by atoms with Crippen molar-refractivity contribution in [2.45, 2.75) is 31.3 Å². The molecule has 108 valence electrons. The molecule has 0 aromatic carbocycles. The van der Waals surface area contributed by atoms with Crippen LogP contribution in [0.5, 0.6) is 0 Å². The summed E-state index contributed by atoms with van der Waals surface area (Å²) < 4.78 is 8.97. The van der Waals surface area contributed by atoms with Gasteiger partial charge >= 0.3 is 0 Å². The zero-order valence-electron chi connectivity index (χ0n) is 11.5. The van der Waals surface area contributed by atoms with Crippen molar-refractivity contribution in [1.82, 2.24) is 14.5 Å². The van der Waals surface area contributed by atoms with E-state index in [1.165, 1.54) is 42.0 Å². The molecule has 0 unspecified atom stereocenters. The summed E-state index contributed by atoms with van der Waals surface area (Å²) in [7, 11) is 0. The van der Waals surface area contributed by atoms with Gasteiger partial charge in [-0.3, -0.25) is 4.90 Å². The number of piperidine rings is 1. The Morgan fingerprint density at radius 1 is 1.25 bits per heavy atom. The van der Waals surface area contributed by atoms with Crippen molar-refractivity contribution in [3.63, 3.8) is 0 Å². The second-order valence-electron chi connectivity index (χ2n) is 7.02. The molecular formula is C15H20IN3O. The maximum Gasteiger partial charge on any atom is 0.119 e. The second-order valence-corrected chi connectivity index (χ2v) is 8.12. The lowest BCUT2D eigenvalue weighted by Gasteiger charge is -2.35. The molecule has 0 radical (unpaired) electrons. The first kappa shape index (κ1) is 12.4. The standard InChI is InChI=1S/C15H20IN3O/c16-13-6-19(3-9-1-2-9)15(17-13)14-11-4-18(5-12(11)14)10-7-20-8-10/h6,9-12,14H,1-5,7-8H2/t11-,12+,14+. The van der Waals surface area contributed by atoms with Crippen molar-refractivity contribution in [1.29, 1.82) is 0 Å². The van der Waals surface area contributed by atoms with E-state index >= 15 is 0 Å². The largest absolute Gasteiger partial charge is 0.378 e. The minimum atomic E-state index is 0.717. The Bertz CT molecular complexity index is 525. The summed E-state index contributed by atoms with van der Waals surface area (Å²) in [5.74, 6) is 4.80. The molecule has 4 aliphatic rings. The lowest BCUT2D eigenvalue weighted by atomic mass is 10.1. The number of aromatic nitrogens is 2. The van der Waals surface area contributed by atoms with Gasteiger partial charge in [0, 0.05) is 31.7 Å². The van der Waals surface area contributed by atoms with E-state index in [1.54, 1.807) is 0 Å². The molecule has 2 saturated carbocycles. The maximum absolute atomic E-state index is 5.32. The van der Waals surface area contributed by atoms with E-state index in [1.807, 2.05) is 0 Å². The Morgan fingerprint density at radius 2 is 2.00 bits per heavy atom. The summed E-state index contributed by atoms with van der Waals surface area (Å²) in [6.45, 7) is 5.67. The monoisotopic (exact) mass is 385 g/mol. The Balaban J connectivity index is 1.31. The van der Waals surface area contributed by atoms with Crippen LogP contribution in [0.2, 0.25) is 0 Å². The van der Waals surface area contributed by atoms with E-state index in [2.05, 4.69) is 38.3 Å². The lowest BCUT2D eigenvalue weighted by Crippen LogP contribution is -2.48.